The van der Waals surface area contributed by atoms with Gasteiger partial charge in [-0.15, -0.1) is 0 Å². The van der Waals surface area contributed by atoms with Crippen LogP contribution in [0.5, 0.6) is 0 Å². The molecule has 0 atom stereocenters. The molecule has 2 amide bonds. The van der Waals surface area contributed by atoms with Crippen LogP contribution >= 0.6 is 34.4 Å². The number of rotatable bonds is 8. The molecule has 1 fully saturated rings. The van der Waals surface area contributed by atoms with Crippen molar-refractivity contribution in [3.63, 3.8) is 0 Å². The molecule has 1 saturated heterocycles. The number of benzene rings is 2. The minimum absolute atomic E-state index is 0.176. The Labute approximate surface area is 255 Å². The van der Waals surface area contributed by atoms with E-state index in [1.807, 2.05) is 35.8 Å². The second-order valence-corrected chi connectivity index (χ2v) is 13.6. The number of hydrogen-bond acceptors (Lipinski definition) is 8. The molecule has 2 aromatic carbocycles. The lowest BCUT2D eigenvalue weighted by Crippen LogP contribution is -2.43. The van der Waals surface area contributed by atoms with Gasteiger partial charge in [0.05, 0.1) is 36.1 Å². The number of sulfonamides is 1. The molecule has 2 aliphatic rings. The molecule has 0 unspecified atom stereocenters. The van der Waals surface area contributed by atoms with Gasteiger partial charge in [0, 0.05) is 23.2 Å². The van der Waals surface area contributed by atoms with Gasteiger partial charge in [-0.3, -0.25) is 4.90 Å². The normalized spacial score (nSPS) is 16.3. The lowest BCUT2D eigenvalue weighted by molar-refractivity contribution is 0.0730. The highest BCUT2D eigenvalue weighted by Crippen LogP contribution is 2.35. The van der Waals surface area contributed by atoms with Crippen LogP contribution in [0.15, 0.2) is 63.6 Å². The van der Waals surface area contributed by atoms with E-state index in [-0.39, 0.29) is 10.9 Å². The van der Waals surface area contributed by atoms with Crippen molar-refractivity contribution in [2.24, 2.45) is 0 Å². The van der Waals surface area contributed by atoms with Gasteiger partial charge in [-0.2, -0.15) is 4.31 Å². The third-order valence-corrected chi connectivity index (χ3v) is 10.4. The Morgan fingerprint density at radius 3 is 2.61 bits per heavy atom. The van der Waals surface area contributed by atoms with Crippen molar-refractivity contribution in [2.45, 2.75) is 35.9 Å². The van der Waals surface area contributed by atoms with Crippen LogP contribution < -0.4 is 10.2 Å². The van der Waals surface area contributed by atoms with Crippen molar-refractivity contribution in [3.05, 3.63) is 69.7 Å². The zero-order valence-electron chi connectivity index (χ0n) is 22.2. The van der Waals surface area contributed by atoms with Crippen LogP contribution in [0.1, 0.15) is 24.0 Å². The highest BCUT2D eigenvalue weighted by Gasteiger charge is 2.33. The molecule has 2 aliphatic heterocycles. The van der Waals surface area contributed by atoms with E-state index in [0.717, 1.165) is 20.7 Å². The van der Waals surface area contributed by atoms with Crippen LogP contribution in [0.4, 0.5) is 10.6 Å². The highest BCUT2D eigenvalue weighted by atomic mass is 127. The van der Waals surface area contributed by atoms with E-state index in [1.54, 1.807) is 23.1 Å². The summed E-state index contributed by atoms with van der Waals surface area (Å²) in [5.74, 6) is 1.72. The van der Waals surface area contributed by atoms with Crippen LogP contribution in [-0.2, 0) is 33.6 Å². The molecular weight excluding hydrogens is 679 g/mol. The number of hydrogen-bond donors (Lipinski definition) is 1. The molecular formula is C27H27IN6O5S2. The average Bonchev–Trinajstić information content (AvgIpc) is 3.56. The Kier molecular flexibility index (Phi) is 7.84. The molecule has 0 saturated carbocycles. The van der Waals surface area contributed by atoms with Crippen molar-refractivity contribution in [1.29, 1.82) is 0 Å². The summed E-state index contributed by atoms with van der Waals surface area (Å²) < 4.78 is 41.9. The minimum Gasteiger partial charge on any atom is -0.431 e. The maximum absolute atomic E-state index is 13.1. The van der Waals surface area contributed by atoms with Crippen LogP contribution in [0.3, 0.4) is 0 Å². The summed E-state index contributed by atoms with van der Waals surface area (Å²) in [6, 6.07) is 12.5. The number of morpholine rings is 1. The zero-order chi connectivity index (χ0) is 28.7. The fraction of sp³-hybridized carbons (Fsp3) is 0.296. The molecule has 1 N–H and O–H groups in total. The number of fused-ring (bicyclic) bond motifs is 2. The van der Waals surface area contributed by atoms with Gasteiger partial charge in [-0.1, -0.05) is 30.5 Å². The molecule has 214 valence electrons. The number of imidazole rings is 1. The van der Waals surface area contributed by atoms with Crippen LogP contribution in [0.25, 0.3) is 16.8 Å². The maximum atomic E-state index is 13.1. The third kappa shape index (κ3) is 5.50. The number of ether oxygens (including phenoxy) is 1. The lowest BCUT2D eigenvalue weighted by atomic mass is 10.2. The topological polar surface area (TPSA) is 123 Å². The zero-order valence-corrected chi connectivity index (χ0v) is 26.0. The smallest absolute Gasteiger partial charge is 0.327 e. The van der Waals surface area contributed by atoms with Crippen LogP contribution in [0.2, 0.25) is 0 Å². The summed E-state index contributed by atoms with van der Waals surface area (Å²) in [6.45, 7) is 8.49. The Bertz CT molecular complexity index is 1750. The number of nitrogens with zero attached hydrogens (tertiary/aromatic N) is 5. The van der Waals surface area contributed by atoms with Gasteiger partial charge in [-0.25, -0.2) is 23.2 Å². The first-order valence-corrected chi connectivity index (χ1v) is 16.5. The summed E-state index contributed by atoms with van der Waals surface area (Å²) >= 11 is 3.60. The number of aromatic nitrogens is 3. The van der Waals surface area contributed by atoms with Gasteiger partial charge in [0.2, 0.25) is 10.0 Å². The van der Waals surface area contributed by atoms with Crippen molar-refractivity contribution in [2.75, 3.05) is 31.2 Å². The van der Waals surface area contributed by atoms with Gasteiger partial charge in [0.15, 0.2) is 11.4 Å². The standard InChI is InChI=1S/C27H27IN6O5S2/c1-3-33-23(31-25-24(33)17(2)29-26(35)34(25)15-18-4-6-19(28)7-5-18)16-40-27-30-21-14-20(8-9-22(21)39-27)41(36,37)32-10-12-38-13-11-32/h4-9,14H,2-3,10-13,15-16H2,1H3,(H,29,35). The molecule has 4 aromatic rings. The van der Waals surface area contributed by atoms with E-state index in [0.29, 0.717) is 73.0 Å². The van der Waals surface area contributed by atoms with Crippen molar-refractivity contribution >= 4 is 73.0 Å². The quantitative estimate of drug-likeness (QED) is 0.208. The third-order valence-electron chi connectivity index (χ3n) is 6.91. The van der Waals surface area contributed by atoms with Crippen molar-refractivity contribution < 1.29 is 22.4 Å². The number of carbonyl (C=O) groups is 1. The summed E-state index contributed by atoms with van der Waals surface area (Å²) in [5.41, 5.74) is 3.22. The van der Waals surface area contributed by atoms with Gasteiger partial charge >= 0.3 is 6.03 Å². The van der Waals surface area contributed by atoms with Crippen LogP contribution in [-0.4, -0.2) is 59.6 Å². The first-order chi connectivity index (χ1) is 19.7. The second-order valence-electron chi connectivity index (χ2n) is 9.48. The summed E-state index contributed by atoms with van der Waals surface area (Å²) in [5, 5.41) is 3.27. The lowest BCUT2D eigenvalue weighted by Gasteiger charge is -2.28. The number of halogens is 1. The van der Waals surface area contributed by atoms with E-state index in [1.165, 1.54) is 16.1 Å². The Morgan fingerprint density at radius 2 is 1.88 bits per heavy atom. The molecule has 0 bridgehead atoms. The monoisotopic (exact) mass is 706 g/mol. The molecule has 41 heavy (non-hydrogen) atoms. The highest BCUT2D eigenvalue weighted by molar-refractivity contribution is 14.1. The fourth-order valence-electron chi connectivity index (χ4n) is 4.86. The van der Waals surface area contributed by atoms with E-state index >= 15 is 0 Å². The fourth-order valence-corrected chi connectivity index (χ4v) is 7.44. The summed E-state index contributed by atoms with van der Waals surface area (Å²) in [4.78, 5) is 24.2. The van der Waals surface area contributed by atoms with Gasteiger partial charge in [-0.05, 0) is 65.4 Å². The number of urea groups is 1. The number of oxazole rings is 1. The molecule has 11 nitrogen and oxygen atoms in total. The van der Waals surface area contributed by atoms with Crippen molar-refractivity contribution in [1.82, 2.24) is 24.2 Å². The van der Waals surface area contributed by atoms with Gasteiger partial charge in [0.25, 0.3) is 5.22 Å². The Hall–Kier alpha value is -2.92. The molecule has 6 rings (SSSR count). The molecule has 4 heterocycles. The maximum Gasteiger partial charge on any atom is 0.327 e. The number of carbonyl (C=O) groups excluding carboxylic acids is 1. The van der Waals surface area contributed by atoms with E-state index in [4.69, 9.17) is 14.1 Å². The number of anilines is 1. The predicted molar refractivity (Wildman–Crippen MR) is 164 cm³/mol. The SMILES string of the molecule is C=C1NC(=O)N(Cc2ccc(I)cc2)c2nc(CSc3nc4cc(S(=O)(=O)N5CCOCC5)ccc4o3)n(CC)c21. The average molecular weight is 707 g/mol. The summed E-state index contributed by atoms with van der Waals surface area (Å²) in [6.07, 6.45) is 0. The molecule has 0 spiro atoms. The van der Waals surface area contributed by atoms with Gasteiger partial charge in [0.1, 0.15) is 17.0 Å². The molecule has 14 heteroatoms. The van der Waals surface area contributed by atoms with Crippen molar-refractivity contribution in [3.8, 4) is 0 Å². The van der Waals surface area contributed by atoms with E-state index < -0.39 is 10.0 Å². The molecule has 2 aromatic heterocycles. The second kappa shape index (κ2) is 11.4. The number of thioether (sulfide) groups is 1. The first-order valence-electron chi connectivity index (χ1n) is 13.0. The molecule has 0 radical (unpaired) electrons. The number of amides is 2. The summed E-state index contributed by atoms with van der Waals surface area (Å²) in [7, 11) is -3.65. The van der Waals surface area contributed by atoms with Gasteiger partial charge < -0.3 is 19.0 Å². The predicted octanol–water partition coefficient (Wildman–Crippen LogP) is 4.66. The Morgan fingerprint density at radius 1 is 1.12 bits per heavy atom. The van der Waals surface area contributed by atoms with Crippen LogP contribution in [0, 0.1) is 3.57 Å². The minimum atomic E-state index is -3.65. The van der Waals surface area contributed by atoms with E-state index in [2.05, 4.69) is 39.5 Å². The number of nitrogens with one attached hydrogen (secondary N) is 1. The Balaban J connectivity index is 1.24. The largest absolute Gasteiger partial charge is 0.431 e. The first kappa shape index (κ1) is 28.2. The van der Waals surface area contributed by atoms with E-state index in [9.17, 15) is 13.2 Å². The molecule has 0 aliphatic carbocycles.